The van der Waals surface area contributed by atoms with Gasteiger partial charge in [-0.3, -0.25) is 4.79 Å². The number of benzene rings is 1. The van der Waals surface area contributed by atoms with Gasteiger partial charge >= 0.3 is 0 Å². The minimum atomic E-state index is -0.0981. The van der Waals surface area contributed by atoms with Gasteiger partial charge in [-0.2, -0.15) is 0 Å². The maximum Gasteiger partial charge on any atom is 0.265 e. The van der Waals surface area contributed by atoms with E-state index in [9.17, 15) is 9.90 Å². The molecule has 0 aliphatic carbocycles. The summed E-state index contributed by atoms with van der Waals surface area (Å²) >= 11 is 0. The Labute approximate surface area is 106 Å². The molecule has 1 N–H and O–H groups in total. The summed E-state index contributed by atoms with van der Waals surface area (Å²) in [6, 6.07) is 3.50. The number of carbonyl (C=O) groups excluding carboxylic acids is 1. The first-order valence-corrected chi connectivity index (χ1v) is 6.05. The van der Waals surface area contributed by atoms with Crippen LogP contribution in [0.25, 0.3) is 0 Å². The fourth-order valence-corrected chi connectivity index (χ4v) is 2.04. The maximum absolute atomic E-state index is 11.8. The molecule has 5 heteroatoms. The zero-order valence-corrected chi connectivity index (χ0v) is 10.6. The highest BCUT2D eigenvalue weighted by Crippen LogP contribution is 2.41. The van der Waals surface area contributed by atoms with Gasteiger partial charge in [0.1, 0.15) is 0 Å². The molecule has 0 unspecified atom stereocenters. The summed E-state index contributed by atoms with van der Waals surface area (Å²) in [5.74, 6) is 1.07. The first-order chi connectivity index (χ1) is 8.71. The molecule has 0 atom stereocenters. The summed E-state index contributed by atoms with van der Waals surface area (Å²) in [5, 5.41) is 9.26. The summed E-state index contributed by atoms with van der Waals surface area (Å²) in [5.41, 5.74) is 1.37. The molecule has 1 aliphatic heterocycles. The zero-order chi connectivity index (χ0) is 13.1. The van der Waals surface area contributed by atoms with E-state index < -0.39 is 0 Å². The van der Waals surface area contributed by atoms with Gasteiger partial charge < -0.3 is 19.5 Å². The molecule has 0 aromatic heterocycles. The van der Waals surface area contributed by atoms with E-state index >= 15 is 0 Å². The van der Waals surface area contributed by atoms with E-state index in [1.54, 1.807) is 17.0 Å². The van der Waals surface area contributed by atoms with Gasteiger partial charge in [-0.05, 0) is 31.5 Å². The largest absolute Gasteiger partial charge is 0.490 e. The fourth-order valence-electron chi connectivity index (χ4n) is 2.04. The van der Waals surface area contributed by atoms with E-state index in [2.05, 4.69) is 0 Å². The Hall–Kier alpha value is -1.75. The van der Waals surface area contributed by atoms with E-state index in [0.29, 0.717) is 35.9 Å². The number of rotatable bonds is 4. The van der Waals surface area contributed by atoms with Crippen molar-refractivity contribution < 1.29 is 19.4 Å². The first-order valence-electron chi connectivity index (χ1n) is 6.05. The third-order valence-electron chi connectivity index (χ3n) is 2.83. The van der Waals surface area contributed by atoms with Crippen molar-refractivity contribution in [3.8, 4) is 11.5 Å². The fraction of sp³-hybridized carbons (Fsp3) is 0.462. The van der Waals surface area contributed by atoms with Gasteiger partial charge in [0.15, 0.2) is 18.1 Å². The number of likely N-dealkylation sites (N-methyl/N-ethyl adjacent to an activating group) is 1. The molecule has 98 valence electrons. The van der Waals surface area contributed by atoms with Crippen LogP contribution < -0.4 is 14.4 Å². The van der Waals surface area contributed by atoms with Crippen LogP contribution in [0.15, 0.2) is 12.1 Å². The minimum Gasteiger partial charge on any atom is -0.490 e. The summed E-state index contributed by atoms with van der Waals surface area (Å²) in [6.45, 7) is 4.78. The number of aliphatic hydroxyl groups excluding tert-OH is 1. The topological polar surface area (TPSA) is 59.0 Å². The van der Waals surface area contributed by atoms with Crippen LogP contribution in [0.2, 0.25) is 0 Å². The van der Waals surface area contributed by atoms with Crippen LogP contribution in [-0.4, -0.2) is 30.8 Å². The number of ether oxygens (including phenoxy) is 2. The van der Waals surface area contributed by atoms with E-state index in [4.69, 9.17) is 9.47 Å². The normalized spacial score (nSPS) is 14.2. The lowest BCUT2D eigenvalue weighted by Crippen LogP contribution is -2.38. The highest BCUT2D eigenvalue weighted by Gasteiger charge is 2.27. The van der Waals surface area contributed by atoms with Crippen molar-refractivity contribution in [3.05, 3.63) is 17.7 Å². The number of hydrogen-bond donors (Lipinski definition) is 1. The van der Waals surface area contributed by atoms with E-state index in [0.717, 1.165) is 0 Å². The van der Waals surface area contributed by atoms with Crippen molar-refractivity contribution in [1.29, 1.82) is 0 Å². The van der Waals surface area contributed by atoms with Gasteiger partial charge in [0, 0.05) is 6.54 Å². The molecule has 18 heavy (non-hydrogen) atoms. The Balaban J connectivity index is 2.52. The smallest absolute Gasteiger partial charge is 0.265 e. The van der Waals surface area contributed by atoms with Crippen LogP contribution in [0, 0.1) is 0 Å². The monoisotopic (exact) mass is 251 g/mol. The lowest BCUT2D eigenvalue weighted by molar-refractivity contribution is -0.121. The van der Waals surface area contributed by atoms with Crippen molar-refractivity contribution in [1.82, 2.24) is 0 Å². The highest BCUT2D eigenvalue weighted by molar-refractivity contribution is 5.98. The molecule has 1 amide bonds. The average molecular weight is 251 g/mol. The summed E-state index contributed by atoms with van der Waals surface area (Å²) in [6.07, 6.45) is 0. The van der Waals surface area contributed by atoms with Gasteiger partial charge in [-0.1, -0.05) is 0 Å². The molecule has 1 aliphatic rings. The van der Waals surface area contributed by atoms with Gasteiger partial charge in [-0.25, -0.2) is 0 Å². The molecule has 0 spiro atoms. The van der Waals surface area contributed by atoms with Crippen LogP contribution in [-0.2, 0) is 11.4 Å². The van der Waals surface area contributed by atoms with Gasteiger partial charge in [0.25, 0.3) is 5.91 Å². The zero-order valence-electron chi connectivity index (χ0n) is 10.6. The Morgan fingerprint density at radius 1 is 1.44 bits per heavy atom. The molecule has 5 nitrogen and oxygen atoms in total. The maximum atomic E-state index is 11.8. The lowest BCUT2D eigenvalue weighted by atomic mass is 10.1. The Bertz CT molecular complexity index is 459. The predicted octanol–water partition coefficient (Wildman–Crippen LogP) is 1.32. The minimum absolute atomic E-state index is 0.0272. The third kappa shape index (κ3) is 2.13. The van der Waals surface area contributed by atoms with Gasteiger partial charge in [-0.15, -0.1) is 0 Å². The van der Waals surface area contributed by atoms with E-state index in [-0.39, 0.29) is 19.1 Å². The molecule has 0 saturated carbocycles. The quantitative estimate of drug-likeness (QED) is 0.877. The average Bonchev–Trinajstić information content (AvgIpc) is 2.38. The van der Waals surface area contributed by atoms with Crippen LogP contribution >= 0.6 is 0 Å². The summed E-state index contributed by atoms with van der Waals surface area (Å²) in [7, 11) is 0. The van der Waals surface area contributed by atoms with Gasteiger partial charge in [0.05, 0.1) is 18.9 Å². The molecular weight excluding hydrogens is 234 g/mol. The molecule has 2 rings (SSSR count). The molecular formula is C13H17NO4. The number of amides is 1. The summed E-state index contributed by atoms with van der Waals surface area (Å²) < 4.78 is 11.0. The standard InChI is InChI=1S/C13H17NO4/c1-3-14-10-5-9(7-15)6-11(17-4-2)13(10)18-8-12(14)16/h5-6,15H,3-4,7-8H2,1-2H3. The van der Waals surface area contributed by atoms with Crippen LogP contribution in [0.3, 0.4) is 0 Å². The second kappa shape index (κ2) is 5.27. The van der Waals surface area contributed by atoms with Crippen molar-refractivity contribution in [2.45, 2.75) is 20.5 Å². The molecule has 1 heterocycles. The van der Waals surface area contributed by atoms with Crippen molar-refractivity contribution in [2.24, 2.45) is 0 Å². The number of nitrogens with zero attached hydrogens (tertiary/aromatic N) is 1. The van der Waals surface area contributed by atoms with E-state index in [1.807, 2.05) is 13.8 Å². The molecule has 0 bridgehead atoms. The van der Waals surface area contributed by atoms with E-state index in [1.165, 1.54) is 0 Å². The highest BCUT2D eigenvalue weighted by atomic mass is 16.5. The molecule has 0 saturated heterocycles. The number of aliphatic hydroxyl groups is 1. The summed E-state index contributed by atoms with van der Waals surface area (Å²) in [4.78, 5) is 13.4. The molecule has 1 aromatic rings. The predicted molar refractivity (Wildman–Crippen MR) is 67.1 cm³/mol. The van der Waals surface area contributed by atoms with Gasteiger partial charge in [0.2, 0.25) is 0 Å². The SMILES string of the molecule is CCOc1cc(CO)cc2c1OCC(=O)N2CC. The van der Waals surface area contributed by atoms with Crippen LogP contribution in [0.1, 0.15) is 19.4 Å². The third-order valence-corrected chi connectivity index (χ3v) is 2.83. The lowest BCUT2D eigenvalue weighted by Gasteiger charge is -2.30. The van der Waals surface area contributed by atoms with Crippen LogP contribution in [0.5, 0.6) is 11.5 Å². The molecule has 1 aromatic carbocycles. The first kappa shape index (κ1) is 12.7. The Morgan fingerprint density at radius 2 is 2.22 bits per heavy atom. The van der Waals surface area contributed by atoms with Crippen molar-refractivity contribution in [2.75, 3.05) is 24.7 Å². The number of anilines is 1. The Kier molecular flexibility index (Phi) is 3.72. The number of carbonyl (C=O) groups is 1. The number of fused-ring (bicyclic) bond motifs is 1. The van der Waals surface area contributed by atoms with Crippen LogP contribution in [0.4, 0.5) is 5.69 Å². The van der Waals surface area contributed by atoms with Crippen molar-refractivity contribution >= 4 is 11.6 Å². The van der Waals surface area contributed by atoms with Crippen molar-refractivity contribution in [3.63, 3.8) is 0 Å². The molecule has 0 radical (unpaired) electrons. The Morgan fingerprint density at radius 3 is 2.83 bits per heavy atom. The second-order valence-electron chi connectivity index (χ2n) is 3.96. The molecule has 0 fully saturated rings. The number of hydrogen-bond acceptors (Lipinski definition) is 4. The second-order valence-corrected chi connectivity index (χ2v) is 3.96.